The van der Waals surface area contributed by atoms with Gasteiger partial charge in [-0.25, -0.2) is 4.39 Å². The number of ether oxygens (including phenoxy) is 3. The summed E-state index contributed by atoms with van der Waals surface area (Å²) in [5, 5.41) is 0.0708. The Morgan fingerprint density at radius 3 is 2.54 bits per heavy atom. The number of carbonyl (C=O) groups excluding carboxylic acids is 2. The first-order valence-electron chi connectivity index (χ1n) is 11.3. The van der Waals surface area contributed by atoms with Crippen LogP contribution in [0.2, 0.25) is 5.02 Å². The molecule has 3 aromatic carbocycles. The number of imide groups is 1. The highest BCUT2D eigenvalue weighted by atomic mass is 79.9. The molecular weight excluding hydrogens is 585 g/mol. The summed E-state index contributed by atoms with van der Waals surface area (Å²) >= 11 is 10.4. The van der Waals surface area contributed by atoms with Crippen LogP contribution < -0.4 is 14.2 Å². The highest BCUT2D eigenvalue weighted by molar-refractivity contribution is 9.10. The number of amides is 2. The summed E-state index contributed by atoms with van der Waals surface area (Å²) in [6.45, 7) is 2.41. The Morgan fingerprint density at radius 2 is 1.78 bits per heavy atom. The summed E-state index contributed by atoms with van der Waals surface area (Å²) in [4.78, 5) is 26.8. The molecule has 37 heavy (non-hydrogen) atoms. The van der Waals surface area contributed by atoms with E-state index >= 15 is 0 Å². The number of para-hydroxylation sites is 1. The Bertz CT molecular complexity index is 1350. The smallest absolute Gasteiger partial charge is 0.293 e. The largest absolute Gasteiger partial charge is 0.490 e. The lowest BCUT2D eigenvalue weighted by Gasteiger charge is -2.15. The molecule has 4 rings (SSSR count). The number of hydrogen-bond donors (Lipinski definition) is 0. The van der Waals surface area contributed by atoms with Gasteiger partial charge in [0.25, 0.3) is 11.1 Å². The third kappa shape index (κ3) is 6.66. The number of rotatable bonds is 10. The number of benzene rings is 3. The van der Waals surface area contributed by atoms with Gasteiger partial charge >= 0.3 is 0 Å². The van der Waals surface area contributed by atoms with E-state index in [0.29, 0.717) is 44.5 Å². The molecule has 3 aromatic rings. The molecule has 1 aliphatic rings. The summed E-state index contributed by atoms with van der Waals surface area (Å²) in [7, 11) is 0. The first-order valence-corrected chi connectivity index (χ1v) is 13.3. The van der Waals surface area contributed by atoms with Crippen LogP contribution in [0.1, 0.15) is 18.1 Å². The Labute approximate surface area is 231 Å². The highest BCUT2D eigenvalue weighted by Gasteiger charge is 2.35. The van der Waals surface area contributed by atoms with Crippen LogP contribution >= 0.6 is 39.3 Å². The van der Waals surface area contributed by atoms with Crippen molar-refractivity contribution >= 4 is 56.5 Å². The van der Waals surface area contributed by atoms with Crippen LogP contribution in [-0.4, -0.2) is 35.8 Å². The minimum absolute atomic E-state index is 0.0137. The second kappa shape index (κ2) is 12.5. The van der Waals surface area contributed by atoms with E-state index in [4.69, 9.17) is 25.8 Å². The lowest BCUT2D eigenvalue weighted by atomic mass is 10.1. The summed E-state index contributed by atoms with van der Waals surface area (Å²) in [5.74, 6) is 0.545. The normalized spacial score (nSPS) is 14.4. The monoisotopic (exact) mass is 605 g/mol. The van der Waals surface area contributed by atoms with Crippen molar-refractivity contribution in [1.82, 2.24) is 4.90 Å². The minimum Gasteiger partial charge on any atom is -0.490 e. The van der Waals surface area contributed by atoms with Crippen LogP contribution in [0.4, 0.5) is 9.18 Å². The molecule has 0 bridgehead atoms. The van der Waals surface area contributed by atoms with Crippen molar-refractivity contribution in [3.05, 3.63) is 92.0 Å². The Balaban J connectivity index is 1.47. The Morgan fingerprint density at radius 1 is 1.03 bits per heavy atom. The zero-order valence-corrected chi connectivity index (χ0v) is 22.9. The molecule has 0 spiro atoms. The van der Waals surface area contributed by atoms with E-state index < -0.39 is 5.91 Å². The molecule has 1 saturated heterocycles. The van der Waals surface area contributed by atoms with Crippen LogP contribution in [-0.2, 0) is 11.4 Å². The van der Waals surface area contributed by atoms with Gasteiger partial charge in [0.15, 0.2) is 11.5 Å². The third-order valence-corrected chi connectivity index (χ3v) is 7.05. The molecule has 10 heteroatoms. The highest BCUT2D eigenvalue weighted by Crippen LogP contribution is 2.40. The quantitative estimate of drug-likeness (QED) is 0.225. The number of hydrogen-bond acceptors (Lipinski definition) is 6. The average molecular weight is 607 g/mol. The number of thioether (sulfide) groups is 1. The van der Waals surface area contributed by atoms with Gasteiger partial charge in [0.1, 0.15) is 24.8 Å². The standard InChI is InChI=1S/C27H22BrClFNO5S/c1-2-34-23-14-17(13-19(28)25(23)36-16-18-7-3-5-9-21(18)30)15-24-26(32)31(27(33)37-24)11-12-35-22-10-6-4-8-20(22)29/h3-10,13-15H,2,11-12,16H2,1H3/b24-15-. The fourth-order valence-corrected chi connectivity index (χ4v) is 5.12. The van der Waals surface area contributed by atoms with Gasteiger partial charge in [-0.05, 0) is 76.6 Å². The van der Waals surface area contributed by atoms with E-state index in [0.717, 1.165) is 16.7 Å². The van der Waals surface area contributed by atoms with Crippen molar-refractivity contribution in [2.24, 2.45) is 0 Å². The first-order chi connectivity index (χ1) is 17.9. The zero-order chi connectivity index (χ0) is 26.4. The Kier molecular flexibility index (Phi) is 9.13. The van der Waals surface area contributed by atoms with Crippen molar-refractivity contribution in [3.8, 4) is 17.2 Å². The van der Waals surface area contributed by atoms with Gasteiger partial charge in [-0.1, -0.05) is 41.9 Å². The summed E-state index contributed by atoms with van der Waals surface area (Å²) in [5.41, 5.74) is 1.04. The van der Waals surface area contributed by atoms with E-state index in [-0.39, 0.29) is 35.7 Å². The van der Waals surface area contributed by atoms with E-state index in [1.807, 2.05) is 6.92 Å². The van der Waals surface area contributed by atoms with Crippen molar-refractivity contribution in [2.75, 3.05) is 19.8 Å². The number of carbonyl (C=O) groups is 2. The van der Waals surface area contributed by atoms with Gasteiger partial charge in [0, 0.05) is 5.56 Å². The maximum absolute atomic E-state index is 14.0. The Hall–Kier alpha value is -3.01. The second-order valence-electron chi connectivity index (χ2n) is 7.76. The molecule has 192 valence electrons. The molecule has 0 radical (unpaired) electrons. The molecule has 0 N–H and O–H groups in total. The minimum atomic E-state index is -0.410. The number of halogens is 3. The molecule has 0 unspecified atom stereocenters. The van der Waals surface area contributed by atoms with Crippen LogP contribution in [0.5, 0.6) is 17.2 Å². The molecule has 6 nitrogen and oxygen atoms in total. The lowest BCUT2D eigenvalue weighted by Crippen LogP contribution is -2.32. The molecule has 1 heterocycles. The second-order valence-corrected chi connectivity index (χ2v) is 10.0. The molecule has 1 fully saturated rings. The molecule has 0 aromatic heterocycles. The molecule has 0 saturated carbocycles. The molecular formula is C27H22BrClFNO5S. The van der Waals surface area contributed by atoms with Crippen LogP contribution in [0, 0.1) is 5.82 Å². The first kappa shape index (κ1) is 27.0. The van der Waals surface area contributed by atoms with Crippen LogP contribution in [0.3, 0.4) is 0 Å². The van der Waals surface area contributed by atoms with Gasteiger partial charge in [-0.3, -0.25) is 14.5 Å². The topological polar surface area (TPSA) is 65.1 Å². The fraction of sp³-hybridized carbons (Fsp3) is 0.185. The van der Waals surface area contributed by atoms with E-state index in [1.54, 1.807) is 60.7 Å². The van der Waals surface area contributed by atoms with Crippen molar-refractivity contribution in [3.63, 3.8) is 0 Å². The predicted octanol–water partition coefficient (Wildman–Crippen LogP) is 7.33. The number of nitrogens with zero attached hydrogens (tertiary/aromatic N) is 1. The molecule has 0 aliphatic carbocycles. The third-order valence-electron chi connectivity index (χ3n) is 5.24. The molecule has 2 amide bonds. The van der Waals surface area contributed by atoms with Crippen molar-refractivity contribution < 1.29 is 28.2 Å². The maximum Gasteiger partial charge on any atom is 0.293 e. The van der Waals surface area contributed by atoms with Crippen LogP contribution in [0.15, 0.2) is 70.0 Å². The van der Waals surface area contributed by atoms with Gasteiger partial charge in [-0.2, -0.15) is 0 Å². The van der Waals surface area contributed by atoms with Crippen molar-refractivity contribution in [1.29, 1.82) is 0 Å². The SMILES string of the molecule is CCOc1cc(/C=C2\SC(=O)N(CCOc3ccccc3Cl)C2=O)cc(Br)c1OCc1ccccc1F. The fourth-order valence-electron chi connectivity index (χ4n) is 3.49. The van der Waals surface area contributed by atoms with Gasteiger partial charge < -0.3 is 14.2 Å². The van der Waals surface area contributed by atoms with Crippen molar-refractivity contribution in [2.45, 2.75) is 13.5 Å². The van der Waals surface area contributed by atoms with E-state index in [9.17, 15) is 14.0 Å². The zero-order valence-electron chi connectivity index (χ0n) is 19.7. The van der Waals surface area contributed by atoms with E-state index in [2.05, 4.69) is 15.9 Å². The van der Waals surface area contributed by atoms with E-state index in [1.165, 1.54) is 6.07 Å². The summed E-state index contributed by atoms with van der Waals surface area (Å²) in [6.07, 6.45) is 1.62. The predicted molar refractivity (Wildman–Crippen MR) is 146 cm³/mol. The summed E-state index contributed by atoms with van der Waals surface area (Å²) in [6, 6.07) is 16.8. The van der Waals surface area contributed by atoms with Crippen LogP contribution in [0.25, 0.3) is 6.08 Å². The average Bonchev–Trinajstić information content (AvgIpc) is 3.13. The lowest BCUT2D eigenvalue weighted by molar-refractivity contribution is -0.123. The molecule has 1 aliphatic heterocycles. The summed E-state index contributed by atoms with van der Waals surface area (Å²) < 4.78 is 31.8. The van der Waals surface area contributed by atoms with Gasteiger partial charge in [-0.15, -0.1) is 0 Å². The molecule has 0 atom stereocenters. The maximum atomic E-state index is 14.0. The van der Waals surface area contributed by atoms with Gasteiger partial charge in [0.2, 0.25) is 0 Å². The van der Waals surface area contributed by atoms with Gasteiger partial charge in [0.05, 0.1) is 27.6 Å².